The van der Waals surface area contributed by atoms with Gasteiger partial charge in [0, 0.05) is 10.9 Å². The van der Waals surface area contributed by atoms with E-state index in [1.807, 2.05) is 66.7 Å². The number of ketones is 1. The molecular weight excluding hydrogens is 487 g/mol. The number of ether oxygens (including phenoxy) is 2. The molecule has 0 bridgehead atoms. The summed E-state index contributed by atoms with van der Waals surface area (Å²) in [5.41, 5.74) is 1.49. The van der Waals surface area contributed by atoms with E-state index in [9.17, 15) is 4.79 Å². The van der Waals surface area contributed by atoms with Crippen molar-refractivity contribution in [1.82, 2.24) is 0 Å². The average Bonchev–Trinajstić information content (AvgIpc) is 3.01. The number of methoxy groups -OCH3 is 2. The molecule has 0 aliphatic heterocycles. The van der Waals surface area contributed by atoms with Crippen LogP contribution in [0, 0.1) is 0 Å². The maximum Gasteiger partial charge on any atom is 0.194 e. The molecule has 0 amide bonds. The predicted octanol–water partition coefficient (Wildman–Crippen LogP) is 6.10. The van der Waals surface area contributed by atoms with Crippen molar-refractivity contribution in [2.75, 3.05) is 14.2 Å². The van der Waals surface area contributed by atoms with Crippen LogP contribution in [0.5, 0.6) is 11.5 Å². The quantitative estimate of drug-likeness (QED) is 0.185. The Morgan fingerprint density at radius 3 is 1.16 bits per heavy atom. The van der Waals surface area contributed by atoms with E-state index < -0.39 is 6.89 Å². The lowest BCUT2D eigenvalue weighted by Gasteiger charge is -2.33. The normalized spacial score (nSPS) is 11.0. The van der Waals surface area contributed by atoms with E-state index in [-0.39, 0.29) is 5.78 Å². The number of hydrogen-bond acceptors (Lipinski definition) is 3. The third-order valence-corrected chi connectivity index (χ3v) is 11.0. The number of carbonyl (C=O) groups is 1. The van der Waals surface area contributed by atoms with Gasteiger partial charge in [0.05, 0.1) is 14.2 Å². The second kappa shape index (κ2) is 11.4. The van der Waals surface area contributed by atoms with Crippen LogP contribution in [0.3, 0.4) is 0 Å². The SMILES string of the molecule is COc1ccc(C(=O)C(c2ccc(OC)cc2)=P(c2ccccc2)(c2ccccc2)c2ccccc2)cc1. The fraction of sp³-hybridized carbons (Fsp3) is 0.0588. The maximum absolute atomic E-state index is 14.8. The Balaban J connectivity index is 2.00. The third kappa shape index (κ3) is 4.69. The second-order valence-electron chi connectivity index (χ2n) is 8.81. The number of Topliss-reactive ketones (excluding diaryl/α,β-unsaturated/α-hetero) is 1. The zero-order valence-corrected chi connectivity index (χ0v) is 22.3. The van der Waals surface area contributed by atoms with E-state index in [2.05, 4.69) is 72.8 Å². The lowest BCUT2D eigenvalue weighted by molar-refractivity contribution is 0.106. The highest BCUT2D eigenvalue weighted by Crippen LogP contribution is 2.48. The fourth-order valence-electron chi connectivity index (χ4n) is 4.89. The molecule has 5 aromatic rings. The molecule has 0 saturated heterocycles. The zero-order valence-electron chi connectivity index (χ0n) is 21.5. The molecule has 0 saturated carbocycles. The monoisotopic (exact) mass is 516 g/mol. The van der Waals surface area contributed by atoms with Crippen molar-refractivity contribution in [1.29, 1.82) is 0 Å². The highest BCUT2D eigenvalue weighted by atomic mass is 31.2. The Labute approximate surface area is 224 Å². The molecule has 0 unspecified atom stereocenters. The topological polar surface area (TPSA) is 35.5 Å². The van der Waals surface area contributed by atoms with Crippen LogP contribution >= 0.6 is 6.89 Å². The van der Waals surface area contributed by atoms with Gasteiger partial charge in [-0.3, -0.25) is 4.79 Å². The van der Waals surface area contributed by atoms with E-state index in [4.69, 9.17) is 9.47 Å². The van der Waals surface area contributed by atoms with Crippen LogP contribution in [0.1, 0.15) is 15.9 Å². The number of rotatable bonds is 8. The van der Waals surface area contributed by atoms with Crippen LogP contribution in [0.2, 0.25) is 0 Å². The minimum Gasteiger partial charge on any atom is -0.497 e. The third-order valence-electron chi connectivity index (χ3n) is 6.70. The molecule has 0 spiro atoms. The largest absolute Gasteiger partial charge is 0.497 e. The highest BCUT2D eigenvalue weighted by molar-refractivity contribution is 7.97. The summed E-state index contributed by atoms with van der Waals surface area (Å²) < 4.78 is 10.8. The van der Waals surface area contributed by atoms with Crippen LogP contribution in [0.15, 0.2) is 140 Å². The van der Waals surface area contributed by atoms with Crippen LogP contribution in [0.25, 0.3) is 0 Å². The van der Waals surface area contributed by atoms with E-state index >= 15 is 0 Å². The molecule has 0 atom stereocenters. The van der Waals surface area contributed by atoms with Crippen molar-refractivity contribution in [3.8, 4) is 11.5 Å². The molecule has 5 aromatic carbocycles. The Kier molecular flexibility index (Phi) is 7.58. The van der Waals surface area contributed by atoms with Gasteiger partial charge < -0.3 is 9.47 Å². The first kappa shape index (κ1) is 25.3. The minimum atomic E-state index is -2.65. The van der Waals surface area contributed by atoms with Gasteiger partial charge >= 0.3 is 0 Å². The van der Waals surface area contributed by atoms with Crippen molar-refractivity contribution in [3.05, 3.63) is 151 Å². The van der Waals surface area contributed by atoms with Crippen LogP contribution < -0.4 is 25.4 Å². The lowest BCUT2D eigenvalue weighted by Crippen LogP contribution is -2.34. The number of benzene rings is 5. The van der Waals surface area contributed by atoms with Gasteiger partial charge in [-0.05, 0) is 64.8 Å². The molecule has 0 aliphatic carbocycles. The van der Waals surface area contributed by atoms with Gasteiger partial charge in [-0.25, -0.2) is 0 Å². The van der Waals surface area contributed by atoms with Gasteiger partial charge in [0.1, 0.15) is 11.5 Å². The molecule has 38 heavy (non-hydrogen) atoms. The Morgan fingerprint density at radius 2 is 0.816 bits per heavy atom. The van der Waals surface area contributed by atoms with E-state index in [0.29, 0.717) is 11.3 Å². The van der Waals surface area contributed by atoms with E-state index in [1.54, 1.807) is 14.2 Å². The molecule has 0 aromatic heterocycles. The lowest BCUT2D eigenvalue weighted by atomic mass is 10.0. The second-order valence-corrected chi connectivity index (χ2v) is 12.2. The van der Waals surface area contributed by atoms with Gasteiger partial charge in [-0.15, -0.1) is 0 Å². The van der Waals surface area contributed by atoms with Gasteiger partial charge in [0.2, 0.25) is 0 Å². The van der Waals surface area contributed by atoms with Gasteiger partial charge in [-0.2, -0.15) is 0 Å². The van der Waals surface area contributed by atoms with Gasteiger partial charge in [0.15, 0.2) is 5.78 Å². The highest BCUT2D eigenvalue weighted by Gasteiger charge is 2.34. The average molecular weight is 517 g/mol. The molecule has 5 rings (SSSR count). The van der Waals surface area contributed by atoms with E-state index in [1.165, 1.54) is 0 Å². The first-order chi connectivity index (χ1) is 18.7. The number of carbonyl (C=O) groups excluding carboxylic acids is 1. The smallest absolute Gasteiger partial charge is 0.194 e. The summed E-state index contributed by atoms with van der Waals surface area (Å²) in [6.07, 6.45) is 0. The summed E-state index contributed by atoms with van der Waals surface area (Å²) in [4.78, 5) is 14.8. The standard InChI is InChI=1S/C34H29O3P/c1-36-28-22-18-26(19-23-28)33(35)34(27-20-24-29(37-2)25-21-27)38(30-12-6-3-7-13-30,31-14-8-4-9-15-31)32-16-10-5-11-17-32/h3-25H,1-2H3. The number of hydrogen-bond donors (Lipinski definition) is 0. The fourth-order valence-corrected chi connectivity index (χ4v) is 9.39. The molecule has 0 heterocycles. The molecule has 4 heteroatoms. The molecule has 188 valence electrons. The molecule has 0 aliphatic rings. The summed E-state index contributed by atoms with van der Waals surface area (Å²) in [5.74, 6) is 1.44. The molecule has 0 radical (unpaired) electrons. The molecular formula is C34H29O3P. The van der Waals surface area contributed by atoms with Crippen LogP contribution in [-0.2, 0) is 0 Å². The molecule has 3 nitrogen and oxygen atoms in total. The van der Waals surface area contributed by atoms with Crippen molar-refractivity contribution >= 4 is 33.9 Å². The summed E-state index contributed by atoms with van der Waals surface area (Å²) in [6.45, 7) is -2.65. The van der Waals surface area contributed by atoms with Gasteiger partial charge in [-0.1, -0.05) is 103 Å². The Hall–Kier alpha value is -4.33. The maximum atomic E-state index is 14.8. The van der Waals surface area contributed by atoms with Crippen LogP contribution in [0.4, 0.5) is 0 Å². The molecule has 0 N–H and O–H groups in total. The minimum absolute atomic E-state index is 0.0114. The first-order valence-corrected chi connectivity index (χ1v) is 14.2. The zero-order chi connectivity index (χ0) is 26.4. The van der Waals surface area contributed by atoms with Gasteiger partial charge in [0.25, 0.3) is 0 Å². The summed E-state index contributed by atoms with van der Waals surface area (Å²) in [6, 6.07) is 46.5. The summed E-state index contributed by atoms with van der Waals surface area (Å²) in [5, 5.41) is 4.12. The first-order valence-electron chi connectivity index (χ1n) is 12.4. The van der Waals surface area contributed by atoms with E-state index in [0.717, 1.165) is 32.5 Å². The van der Waals surface area contributed by atoms with Crippen LogP contribution in [-0.4, -0.2) is 25.3 Å². The van der Waals surface area contributed by atoms with Crippen molar-refractivity contribution in [2.24, 2.45) is 0 Å². The summed E-state index contributed by atoms with van der Waals surface area (Å²) >= 11 is 0. The Morgan fingerprint density at radius 1 is 0.474 bits per heavy atom. The molecule has 0 fully saturated rings. The van der Waals surface area contributed by atoms with Crippen molar-refractivity contribution < 1.29 is 14.3 Å². The predicted molar refractivity (Wildman–Crippen MR) is 160 cm³/mol. The summed E-state index contributed by atoms with van der Waals surface area (Å²) in [7, 11) is 3.28. The van der Waals surface area contributed by atoms with Crippen molar-refractivity contribution in [3.63, 3.8) is 0 Å². The van der Waals surface area contributed by atoms with Crippen molar-refractivity contribution in [2.45, 2.75) is 0 Å². The Bertz CT molecular complexity index is 1460.